The summed E-state index contributed by atoms with van der Waals surface area (Å²) in [6, 6.07) is 5.29. The van der Waals surface area contributed by atoms with Gasteiger partial charge in [0, 0.05) is 6.20 Å². The van der Waals surface area contributed by atoms with Crippen molar-refractivity contribution < 1.29 is 9.18 Å². The number of nitrogens with two attached hydrogens (primary N) is 2. The molecule has 4 N–H and O–H groups in total. The largest absolute Gasteiger partial charge is 0.383 e. The lowest BCUT2D eigenvalue weighted by molar-refractivity contribution is -0.114. The summed E-state index contributed by atoms with van der Waals surface area (Å²) in [6.07, 6.45) is 1.12. The molecular weight excluding hydrogens is 223 g/mol. The Morgan fingerprint density at radius 3 is 2.35 bits per heavy atom. The molecule has 0 atom stereocenters. The van der Waals surface area contributed by atoms with Crippen molar-refractivity contribution in [1.29, 1.82) is 0 Å². The van der Waals surface area contributed by atoms with Gasteiger partial charge in [-0.15, -0.1) is 0 Å². The van der Waals surface area contributed by atoms with E-state index in [4.69, 9.17) is 11.5 Å². The Morgan fingerprint density at radius 2 is 1.88 bits per heavy atom. The van der Waals surface area contributed by atoms with Crippen molar-refractivity contribution in [3.8, 4) is 0 Å². The molecule has 0 saturated heterocycles. The van der Waals surface area contributed by atoms with Gasteiger partial charge >= 0.3 is 0 Å². The van der Waals surface area contributed by atoms with E-state index in [1.54, 1.807) is 0 Å². The number of hydrogen-bond donors (Lipinski definition) is 2. The summed E-state index contributed by atoms with van der Waals surface area (Å²) in [6.45, 7) is 3.19. The fraction of sp³-hybridized carbons (Fsp3) is 0. The topological polar surface area (TPSA) is 93.8 Å². The predicted molar refractivity (Wildman–Crippen MR) is 64.5 cm³/mol. The predicted octanol–water partition coefficient (Wildman–Crippen LogP) is 0.884. The number of hydrogen-bond acceptors (Lipinski definition) is 3. The fourth-order valence-corrected chi connectivity index (χ4v) is 1.06. The number of nitrogens with zero attached hydrogens (tertiary/aromatic N) is 2. The average molecular weight is 234 g/mol. The number of primary amides is 1. The number of rotatable bonds is 4. The van der Waals surface area contributed by atoms with E-state index >= 15 is 0 Å². The summed E-state index contributed by atoms with van der Waals surface area (Å²) in [5.74, 6) is -1.25. The highest BCUT2D eigenvalue weighted by Gasteiger charge is 2.09. The maximum Gasteiger partial charge on any atom is 0.254 e. The zero-order chi connectivity index (χ0) is 12.8. The molecule has 0 aromatic heterocycles. The Kier molecular flexibility index (Phi) is 4.10. The quantitative estimate of drug-likeness (QED) is 0.459. The first kappa shape index (κ1) is 12.6. The van der Waals surface area contributed by atoms with Crippen molar-refractivity contribution in [1.82, 2.24) is 0 Å². The molecule has 0 saturated carbocycles. The van der Waals surface area contributed by atoms with Crippen LogP contribution in [0.15, 0.2) is 46.0 Å². The van der Waals surface area contributed by atoms with E-state index in [1.807, 2.05) is 0 Å². The molecule has 0 aliphatic heterocycles. The van der Waals surface area contributed by atoms with Crippen molar-refractivity contribution in [2.75, 3.05) is 0 Å². The zero-order valence-corrected chi connectivity index (χ0v) is 8.93. The summed E-state index contributed by atoms with van der Waals surface area (Å²) in [5.41, 5.74) is 11.0. The van der Waals surface area contributed by atoms with Crippen LogP contribution in [0, 0.1) is 5.82 Å². The Balaban J connectivity index is 3.06. The van der Waals surface area contributed by atoms with Crippen LogP contribution < -0.4 is 11.5 Å². The molecule has 17 heavy (non-hydrogen) atoms. The minimum atomic E-state index is -0.763. The highest BCUT2D eigenvalue weighted by atomic mass is 19.1. The van der Waals surface area contributed by atoms with Gasteiger partial charge in [0.1, 0.15) is 11.7 Å². The average Bonchev–Trinajstić information content (AvgIpc) is 2.28. The molecule has 0 unspecified atom stereocenters. The van der Waals surface area contributed by atoms with Crippen LogP contribution in [0.1, 0.15) is 0 Å². The van der Waals surface area contributed by atoms with Crippen LogP contribution in [0.2, 0.25) is 0 Å². The number of amides is 1. The second-order valence-corrected chi connectivity index (χ2v) is 3.06. The molecule has 0 aliphatic carbocycles. The minimum absolute atomic E-state index is 0.0516. The molecule has 0 bridgehead atoms. The van der Waals surface area contributed by atoms with Crippen LogP contribution in [-0.4, -0.2) is 18.5 Å². The number of amidine groups is 1. The van der Waals surface area contributed by atoms with E-state index in [0.29, 0.717) is 5.69 Å². The lowest BCUT2D eigenvalue weighted by atomic mass is 10.2. The maximum absolute atomic E-state index is 12.6. The van der Waals surface area contributed by atoms with Gasteiger partial charge in [0.2, 0.25) is 0 Å². The molecule has 1 amide bonds. The van der Waals surface area contributed by atoms with Gasteiger partial charge in [-0.05, 0) is 31.0 Å². The fourth-order valence-electron chi connectivity index (χ4n) is 1.06. The first-order chi connectivity index (χ1) is 8.04. The van der Waals surface area contributed by atoms with Gasteiger partial charge in [0.05, 0.1) is 11.3 Å². The van der Waals surface area contributed by atoms with E-state index in [1.165, 1.54) is 24.3 Å². The molecule has 0 fully saturated rings. The first-order valence-corrected chi connectivity index (χ1v) is 4.60. The first-order valence-electron chi connectivity index (χ1n) is 4.60. The Hall–Kier alpha value is -2.50. The van der Waals surface area contributed by atoms with Gasteiger partial charge in [-0.25, -0.2) is 9.38 Å². The van der Waals surface area contributed by atoms with Crippen LogP contribution in [0.25, 0.3) is 0 Å². The minimum Gasteiger partial charge on any atom is -0.383 e. The van der Waals surface area contributed by atoms with Crippen LogP contribution in [-0.2, 0) is 4.79 Å². The SMILES string of the molecule is C=N/C=C(/C(N)=O)C(N)=Nc1ccc(F)cc1. The maximum atomic E-state index is 12.6. The summed E-state index contributed by atoms with van der Waals surface area (Å²) < 4.78 is 12.6. The third-order valence-electron chi connectivity index (χ3n) is 1.84. The van der Waals surface area contributed by atoms with E-state index in [2.05, 4.69) is 16.7 Å². The Bertz CT molecular complexity index is 491. The highest BCUT2D eigenvalue weighted by molar-refractivity contribution is 6.20. The van der Waals surface area contributed by atoms with Crippen LogP contribution in [0.5, 0.6) is 0 Å². The Labute approximate surface area is 97.4 Å². The molecule has 0 aliphatic rings. The van der Waals surface area contributed by atoms with Crippen LogP contribution in [0.3, 0.4) is 0 Å². The number of aliphatic imine (C=N–C) groups is 2. The lowest BCUT2D eigenvalue weighted by Gasteiger charge is -2.01. The third-order valence-corrected chi connectivity index (χ3v) is 1.84. The molecule has 0 radical (unpaired) electrons. The molecular formula is C11H11FN4O. The zero-order valence-electron chi connectivity index (χ0n) is 8.93. The van der Waals surface area contributed by atoms with E-state index in [-0.39, 0.29) is 17.2 Å². The monoisotopic (exact) mass is 234 g/mol. The number of benzene rings is 1. The van der Waals surface area contributed by atoms with E-state index in [0.717, 1.165) is 6.20 Å². The van der Waals surface area contributed by atoms with Crippen molar-refractivity contribution in [2.24, 2.45) is 21.5 Å². The van der Waals surface area contributed by atoms with Gasteiger partial charge in [-0.1, -0.05) is 0 Å². The molecule has 1 aromatic carbocycles. The standard InChI is InChI=1S/C11H11FN4O/c1-15-6-9(11(14)17)10(13)16-8-4-2-7(12)3-5-8/h2-6H,1H2,(H2,13,16)(H2,14,17)/b9-6+. The van der Waals surface area contributed by atoms with Gasteiger partial charge in [0.15, 0.2) is 0 Å². The highest BCUT2D eigenvalue weighted by Crippen LogP contribution is 2.13. The second kappa shape index (κ2) is 5.55. The molecule has 88 valence electrons. The molecule has 5 nitrogen and oxygen atoms in total. The number of carbonyl (C=O) groups excluding carboxylic acids is 1. The van der Waals surface area contributed by atoms with Crippen molar-refractivity contribution in [3.63, 3.8) is 0 Å². The van der Waals surface area contributed by atoms with Crippen molar-refractivity contribution >= 4 is 24.1 Å². The summed E-state index contributed by atoms with van der Waals surface area (Å²) in [4.78, 5) is 18.3. The molecule has 1 aromatic rings. The summed E-state index contributed by atoms with van der Waals surface area (Å²) >= 11 is 0. The molecule has 0 spiro atoms. The number of halogens is 1. The van der Waals surface area contributed by atoms with Crippen LogP contribution in [0.4, 0.5) is 10.1 Å². The van der Waals surface area contributed by atoms with Gasteiger partial charge in [-0.3, -0.25) is 9.79 Å². The third kappa shape index (κ3) is 3.53. The van der Waals surface area contributed by atoms with Crippen molar-refractivity contribution in [2.45, 2.75) is 0 Å². The number of carbonyl (C=O) groups is 1. The van der Waals surface area contributed by atoms with Crippen LogP contribution >= 0.6 is 0 Å². The smallest absolute Gasteiger partial charge is 0.254 e. The van der Waals surface area contributed by atoms with Gasteiger partial charge in [-0.2, -0.15) is 0 Å². The Morgan fingerprint density at radius 1 is 1.29 bits per heavy atom. The normalized spacial score (nSPS) is 12.3. The van der Waals surface area contributed by atoms with E-state index in [9.17, 15) is 9.18 Å². The summed E-state index contributed by atoms with van der Waals surface area (Å²) in [7, 11) is 0. The second-order valence-electron chi connectivity index (χ2n) is 3.06. The summed E-state index contributed by atoms with van der Waals surface area (Å²) in [5, 5.41) is 0. The van der Waals surface area contributed by atoms with Gasteiger partial charge < -0.3 is 11.5 Å². The van der Waals surface area contributed by atoms with Crippen molar-refractivity contribution in [3.05, 3.63) is 41.9 Å². The van der Waals surface area contributed by atoms with E-state index < -0.39 is 5.91 Å². The molecule has 6 heteroatoms. The molecule has 1 rings (SSSR count). The lowest BCUT2D eigenvalue weighted by Crippen LogP contribution is -2.26. The van der Waals surface area contributed by atoms with Gasteiger partial charge in [0.25, 0.3) is 5.91 Å². The molecule has 0 heterocycles.